The Labute approximate surface area is 241 Å². The number of fused-ring (bicyclic) bond motifs is 2. The van der Waals surface area contributed by atoms with Gasteiger partial charge in [-0.25, -0.2) is 4.79 Å². The van der Waals surface area contributed by atoms with Crippen LogP contribution in [0, 0.1) is 10.1 Å². The maximum absolute atomic E-state index is 12.7. The molecular formula is C33H30N6O3. The van der Waals surface area contributed by atoms with Gasteiger partial charge in [0.1, 0.15) is 0 Å². The lowest BCUT2D eigenvalue weighted by molar-refractivity contribution is -0.385. The highest BCUT2D eigenvalue weighted by Crippen LogP contribution is 2.31. The zero-order chi connectivity index (χ0) is 28.6. The lowest BCUT2D eigenvalue weighted by Crippen LogP contribution is -2.38. The van der Waals surface area contributed by atoms with E-state index in [2.05, 4.69) is 39.0 Å². The molecule has 210 valence electrons. The molecule has 0 saturated carbocycles. The Morgan fingerprint density at radius 3 is 2.40 bits per heavy atom. The number of aromatic nitrogens is 2. The first-order chi connectivity index (χ1) is 20.5. The lowest BCUT2D eigenvalue weighted by Gasteiger charge is -2.33. The van der Waals surface area contributed by atoms with Gasteiger partial charge in [-0.1, -0.05) is 54.6 Å². The molecule has 1 atom stereocenters. The van der Waals surface area contributed by atoms with Gasteiger partial charge in [0.15, 0.2) is 6.17 Å². The minimum atomic E-state index is -0.377. The van der Waals surface area contributed by atoms with E-state index >= 15 is 0 Å². The minimum Gasteiger partial charge on any atom is -0.321 e. The van der Waals surface area contributed by atoms with Gasteiger partial charge >= 0.3 is 5.69 Å². The summed E-state index contributed by atoms with van der Waals surface area (Å²) in [6, 6.07) is 31.4. The van der Waals surface area contributed by atoms with Crippen molar-refractivity contribution in [3.8, 4) is 0 Å². The number of rotatable bonds is 6. The van der Waals surface area contributed by atoms with Crippen molar-refractivity contribution in [2.75, 3.05) is 18.0 Å². The molecule has 1 N–H and O–H groups in total. The van der Waals surface area contributed by atoms with E-state index in [1.54, 1.807) is 12.1 Å². The maximum atomic E-state index is 12.7. The first-order valence-corrected chi connectivity index (χ1v) is 14.2. The Morgan fingerprint density at radius 1 is 0.905 bits per heavy atom. The largest absolute Gasteiger partial charge is 0.326 e. The number of aromatic amines is 1. The van der Waals surface area contributed by atoms with Crippen LogP contribution in [0.1, 0.15) is 36.2 Å². The molecule has 7 rings (SSSR count). The number of nitrogens with one attached hydrogen (secondary N) is 1. The summed E-state index contributed by atoms with van der Waals surface area (Å²) >= 11 is 0. The van der Waals surface area contributed by atoms with Crippen LogP contribution in [0.15, 0.2) is 107 Å². The topological polar surface area (TPSA) is 99.8 Å². The molecule has 2 aliphatic rings. The van der Waals surface area contributed by atoms with Crippen LogP contribution < -0.4 is 21.2 Å². The average molecular weight is 559 g/mol. The monoisotopic (exact) mass is 558 g/mol. The smallest absolute Gasteiger partial charge is 0.321 e. The summed E-state index contributed by atoms with van der Waals surface area (Å²) in [5, 5.41) is 12.9. The van der Waals surface area contributed by atoms with Crippen LogP contribution in [-0.4, -0.2) is 32.5 Å². The predicted molar refractivity (Wildman–Crippen MR) is 163 cm³/mol. The van der Waals surface area contributed by atoms with E-state index in [0.717, 1.165) is 65.3 Å². The molecule has 0 radical (unpaired) electrons. The van der Waals surface area contributed by atoms with Crippen molar-refractivity contribution in [3.05, 3.63) is 139 Å². The third kappa shape index (κ3) is 4.88. The Balaban J connectivity index is 1.09. The summed E-state index contributed by atoms with van der Waals surface area (Å²) in [6.07, 6.45) is 3.53. The molecule has 5 aromatic rings. The number of anilines is 1. The standard InChI is InChI=1S/C33H30N6O3/c40-33-35-30-8-4-5-9-31(30)38(33)27-16-18-36(19-17-27)21-23-10-12-26(13-11-23)37-22-25-20-28(39(41)42)14-15-29(25)34-32(37)24-6-2-1-3-7-24/h1-15,20,22,27,32H,16-19,21H2,(H,35,40). The zero-order valence-electron chi connectivity index (χ0n) is 23.0. The van der Waals surface area contributed by atoms with E-state index < -0.39 is 0 Å². The van der Waals surface area contributed by atoms with E-state index in [0.29, 0.717) is 0 Å². The van der Waals surface area contributed by atoms with Gasteiger partial charge in [0.2, 0.25) is 0 Å². The van der Waals surface area contributed by atoms with Crippen molar-refractivity contribution < 1.29 is 4.92 Å². The van der Waals surface area contributed by atoms with Crippen molar-refractivity contribution in [1.82, 2.24) is 14.5 Å². The summed E-state index contributed by atoms with van der Waals surface area (Å²) in [6.45, 7) is 2.67. The first-order valence-electron chi connectivity index (χ1n) is 14.2. The van der Waals surface area contributed by atoms with Crippen molar-refractivity contribution in [2.45, 2.75) is 31.6 Å². The van der Waals surface area contributed by atoms with Gasteiger partial charge in [0.05, 0.1) is 21.3 Å². The molecule has 1 aromatic heterocycles. The van der Waals surface area contributed by atoms with Gasteiger partial charge in [0, 0.05) is 54.9 Å². The lowest BCUT2D eigenvalue weighted by atomic mass is 10.0. The molecule has 0 bridgehead atoms. The second-order valence-corrected chi connectivity index (χ2v) is 10.9. The maximum Gasteiger partial charge on any atom is 0.326 e. The van der Waals surface area contributed by atoms with Gasteiger partial charge < -0.3 is 9.88 Å². The fourth-order valence-electron chi connectivity index (χ4n) is 6.17. The Kier molecular flexibility index (Phi) is 6.64. The summed E-state index contributed by atoms with van der Waals surface area (Å²) in [4.78, 5) is 36.2. The number of hydrogen-bond acceptors (Lipinski definition) is 6. The van der Waals surface area contributed by atoms with Gasteiger partial charge in [0.25, 0.3) is 5.69 Å². The van der Waals surface area contributed by atoms with Gasteiger partial charge in [-0.2, -0.15) is 0 Å². The van der Waals surface area contributed by atoms with E-state index in [4.69, 9.17) is 4.99 Å². The van der Waals surface area contributed by atoms with Crippen LogP contribution in [0.4, 0.5) is 11.4 Å². The van der Waals surface area contributed by atoms with Gasteiger partial charge in [-0.05, 0) is 54.3 Å². The van der Waals surface area contributed by atoms with Crippen LogP contribution in [0.3, 0.4) is 0 Å². The van der Waals surface area contributed by atoms with E-state index in [1.165, 1.54) is 11.6 Å². The molecule has 42 heavy (non-hydrogen) atoms. The number of nitro groups is 1. The summed E-state index contributed by atoms with van der Waals surface area (Å²) < 4.78 is 1.93. The SMILES string of the molecule is O=c1[nH]c2ccccc2n1C1CCN(Cc2ccc(N3C=c4cc([N+](=O)[O-])ccc4=NC3c3ccccc3)cc2)CC1. The summed E-state index contributed by atoms with van der Waals surface area (Å²) in [5.41, 5.74) is 5.10. The molecule has 4 aromatic carbocycles. The molecule has 2 aliphatic heterocycles. The van der Waals surface area contributed by atoms with E-state index in [9.17, 15) is 14.9 Å². The van der Waals surface area contributed by atoms with E-state index in [-0.39, 0.29) is 28.5 Å². The molecule has 1 unspecified atom stereocenters. The molecule has 3 heterocycles. The molecule has 9 heteroatoms. The number of imidazole rings is 1. The number of nitro benzene ring substituents is 1. The average Bonchev–Trinajstić information content (AvgIpc) is 3.37. The number of likely N-dealkylation sites (tertiary alicyclic amines) is 1. The molecule has 0 amide bonds. The fraction of sp³-hybridized carbons (Fsp3) is 0.212. The summed E-state index contributed by atoms with van der Waals surface area (Å²) in [7, 11) is 0. The Hall–Kier alpha value is -5.02. The molecule has 1 fully saturated rings. The number of piperidine rings is 1. The number of non-ortho nitro benzene ring substituents is 1. The second kappa shape index (κ2) is 10.8. The van der Waals surface area contributed by atoms with Crippen LogP contribution in [0.2, 0.25) is 0 Å². The molecule has 1 saturated heterocycles. The Morgan fingerprint density at radius 2 is 1.64 bits per heavy atom. The van der Waals surface area contributed by atoms with Crippen LogP contribution in [0.5, 0.6) is 0 Å². The quantitative estimate of drug-likeness (QED) is 0.242. The number of hydrogen-bond donors (Lipinski definition) is 1. The molecular weight excluding hydrogens is 528 g/mol. The highest BCUT2D eigenvalue weighted by Gasteiger charge is 2.25. The zero-order valence-corrected chi connectivity index (χ0v) is 23.0. The highest BCUT2D eigenvalue weighted by atomic mass is 16.6. The first kappa shape index (κ1) is 25.9. The fourth-order valence-corrected chi connectivity index (χ4v) is 6.17. The predicted octanol–water partition coefficient (Wildman–Crippen LogP) is 4.65. The van der Waals surface area contributed by atoms with Crippen LogP contribution >= 0.6 is 0 Å². The number of nitrogens with zero attached hydrogens (tertiary/aromatic N) is 5. The normalized spacial score (nSPS) is 17.4. The molecule has 9 nitrogen and oxygen atoms in total. The van der Waals surface area contributed by atoms with Gasteiger partial charge in [-0.3, -0.25) is 24.6 Å². The number of benzene rings is 4. The number of para-hydroxylation sites is 2. The Bertz CT molecular complexity index is 1940. The van der Waals surface area contributed by atoms with Crippen LogP contribution in [0.25, 0.3) is 17.2 Å². The third-order valence-electron chi connectivity index (χ3n) is 8.31. The minimum absolute atomic E-state index is 0.0301. The second-order valence-electron chi connectivity index (χ2n) is 10.9. The van der Waals surface area contributed by atoms with Crippen LogP contribution in [-0.2, 0) is 6.54 Å². The third-order valence-corrected chi connectivity index (χ3v) is 8.31. The van der Waals surface area contributed by atoms with Crippen molar-refractivity contribution in [2.24, 2.45) is 4.99 Å². The highest BCUT2D eigenvalue weighted by molar-refractivity contribution is 5.75. The van der Waals surface area contributed by atoms with E-state index in [1.807, 2.05) is 65.4 Å². The van der Waals surface area contributed by atoms with Crippen molar-refractivity contribution in [1.29, 1.82) is 0 Å². The van der Waals surface area contributed by atoms with Crippen molar-refractivity contribution in [3.63, 3.8) is 0 Å². The van der Waals surface area contributed by atoms with Gasteiger partial charge in [-0.15, -0.1) is 0 Å². The number of H-pyrrole nitrogens is 1. The molecule has 0 aliphatic carbocycles. The summed E-state index contributed by atoms with van der Waals surface area (Å²) in [5.74, 6) is 0. The molecule has 0 spiro atoms. The van der Waals surface area contributed by atoms with Crippen molar-refractivity contribution >= 4 is 28.6 Å².